The Labute approximate surface area is 101 Å². The minimum absolute atomic E-state index is 0.187. The Morgan fingerprint density at radius 1 is 1.69 bits per heavy atom. The summed E-state index contributed by atoms with van der Waals surface area (Å²) in [4.78, 5) is 20.1. The summed E-state index contributed by atoms with van der Waals surface area (Å²) in [6, 6.07) is 2.54. The molecule has 1 aromatic heterocycles. The standard InChI is InChI=1S/C10H11BrN4O/c11-8-9(13-6-14-10(8)16)15(5-1-4-12)7-2-3-7/h6-7H,1-3,5H2,(H,13,14,16). The third-order valence-electron chi connectivity index (χ3n) is 2.50. The first-order valence-corrected chi connectivity index (χ1v) is 5.90. The summed E-state index contributed by atoms with van der Waals surface area (Å²) in [7, 11) is 0. The molecule has 1 aliphatic carbocycles. The molecule has 5 nitrogen and oxygen atoms in total. The molecule has 0 aliphatic heterocycles. The number of aromatic amines is 1. The Morgan fingerprint density at radius 2 is 2.44 bits per heavy atom. The number of aromatic nitrogens is 2. The molecule has 1 aliphatic rings. The molecule has 0 aromatic carbocycles. The van der Waals surface area contributed by atoms with Gasteiger partial charge in [0.2, 0.25) is 0 Å². The highest BCUT2D eigenvalue weighted by Gasteiger charge is 2.31. The lowest BCUT2D eigenvalue weighted by Gasteiger charge is -2.22. The average Bonchev–Trinajstić information content (AvgIpc) is 3.08. The number of nitrogens with one attached hydrogen (secondary N) is 1. The summed E-state index contributed by atoms with van der Waals surface area (Å²) in [6.45, 7) is 0.621. The highest BCUT2D eigenvalue weighted by atomic mass is 79.9. The number of nitrogens with zero attached hydrogens (tertiary/aromatic N) is 3. The molecule has 1 heterocycles. The van der Waals surface area contributed by atoms with Crippen LogP contribution in [0.1, 0.15) is 19.3 Å². The molecule has 1 fully saturated rings. The quantitative estimate of drug-likeness (QED) is 0.906. The van der Waals surface area contributed by atoms with Gasteiger partial charge in [-0.3, -0.25) is 4.79 Å². The maximum atomic E-state index is 11.4. The third kappa shape index (κ3) is 2.25. The molecular formula is C10H11BrN4O. The molecule has 0 amide bonds. The van der Waals surface area contributed by atoms with Gasteiger partial charge in [-0.2, -0.15) is 5.26 Å². The lowest BCUT2D eigenvalue weighted by molar-refractivity contribution is 0.770. The van der Waals surface area contributed by atoms with Crippen LogP contribution in [0.4, 0.5) is 5.82 Å². The van der Waals surface area contributed by atoms with Crippen LogP contribution in [-0.4, -0.2) is 22.6 Å². The number of halogens is 1. The van der Waals surface area contributed by atoms with Crippen molar-refractivity contribution in [3.05, 3.63) is 21.2 Å². The zero-order valence-electron chi connectivity index (χ0n) is 8.61. The topological polar surface area (TPSA) is 72.8 Å². The molecule has 0 unspecified atom stereocenters. The first kappa shape index (κ1) is 11.1. The predicted molar refractivity (Wildman–Crippen MR) is 63.2 cm³/mol. The molecule has 16 heavy (non-hydrogen) atoms. The van der Waals surface area contributed by atoms with Crippen molar-refractivity contribution in [1.82, 2.24) is 9.97 Å². The predicted octanol–water partition coefficient (Wildman–Crippen LogP) is 1.41. The highest BCUT2D eigenvalue weighted by Crippen LogP contribution is 2.32. The first-order chi connectivity index (χ1) is 7.74. The van der Waals surface area contributed by atoms with Crippen LogP contribution in [0.3, 0.4) is 0 Å². The lowest BCUT2D eigenvalue weighted by Crippen LogP contribution is -2.29. The molecule has 2 rings (SSSR count). The first-order valence-electron chi connectivity index (χ1n) is 5.11. The van der Waals surface area contributed by atoms with Gasteiger partial charge >= 0.3 is 0 Å². The monoisotopic (exact) mass is 282 g/mol. The number of hydrogen-bond acceptors (Lipinski definition) is 4. The van der Waals surface area contributed by atoms with E-state index in [1.807, 2.05) is 4.90 Å². The van der Waals surface area contributed by atoms with Crippen LogP contribution in [-0.2, 0) is 0 Å². The minimum Gasteiger partial charge on any atom is -0.351 e. The van der Waals surface area contributed by atoms with E-state index in [9.17, 15) is 4.79 Å². The van der Waals surface area contributed by atoms with Gasteiger partial charge in [0.15, 0.2) is 5.82 Å². The molecule has 0 bridgehead atoms. The van der Waals surface area contributed by atoms with Crippen molar-refractivity contribution in [3.63, 3.8) is 0 Å². The second-order valence-electron chi connectivity index (χ2n) is 3.70. The van der Waals surface area contributed by atoms with Crippen molar-refractivity contribution in [2.75, 3.05) is 11.4 Å². The van der Waals surface area contributed by atoms with Crippen molar-refractivity contribution >= 4 is 21.7 Å². The largest absolute Gasteiger partial charge is 0.351 e. The Bertz CT molecular complexity index is 474. The highest BCUT2D eigenvalue weighted by molar-refractivity contribution is 9.10. The molecule has 6 heteroatoms. The van der Waals surface area contributed by atoms with Crippen molar-refractivity contribution < 1.29 is 0 Å². The van der Waals surface area contributed by atoms with Gasteiger partial charge in [-0.1, -0.05) is 0 Å². The zero-order valence-corrected chi connectivity index (χ0v) is 10.2. The fourth-order valence-corrected chi connectivity index (χ4v) is 2.04. The molecule has 84 valence electrons. The minimum atomic E-state index is -0.187. The second-order valence-corrected chi connectivity index (χ2v) is 4.49. The maximum absolute atomic E-state index is 11.4. The number of nitriles is 1. The molecule has 0 saturated heterocycles. The van der Waals surface area contributed by atoms with E-state index in [4.69, 9.17) is 5.26 Å². The Hall–Kier alpha value is -1.35. The van der Waals surface area contributed by atoms with E-state index in [0.29, 0.717) is 29.3 Å². The Kier molecular flexibility index (Phi) is 3.25. The SMILES string of the molecule is N#CCCN(c1nc[nH]c(=O)c1Br)C1CC1. The summed E-state index contributed by atoms with van der Waals surface area (Å²) in [5.41, 5.74) is -0.187. The maximum Gasteiger partial charge on any atom is 0.267 e. The van der Waals surface area contributed by atoms with Crippen LogP contribution < -0.4 is 10.5 Å². The molecule has 1 saturated carbocycles. The van der Waals surface area contributed by atoms with Crippen LogP contribution in [0.2, 0.25) is 0 Å². The van der Waals surface area contributed by atoms with Gasteiger partial charge in [0.05, 0.1) is 18.8 Å². The fourth-order valence-electron chi connectivity index (χ4n) is 1.59. The third-order valence-corrected chi connectivity index (χ3v) is 3.22. The van der Waals surface area contributed by atoms with Crippen LogP contribution in [0.25, 0.3) is 0 Å². The van der Waals surface area contributed by atoms with Crippen LogP contribution >= 0.6 is 15.9 Å². The van der Waals surface area contributed by atoms with Crippen LogP contribution in [0.5, 0.6) is 0 Å². The van der Waals surface area contributed by atoms with Gasteiger partial charge in [0, 0.05) is 12.6 Å². The average molecular weight is 283 g/mol. The van der Waals surface area contributed by atoms with Crippen molar-refractivity contribution in [2.24, 2.45) is 0 Å². The van der Waals surface area contributed by atoms with E-state index >= 15 is 0 Å². The fraction of sp³-hybridized carbons (Fsp3) is 0.500. The molecule has 0 atom stereocenters. The smallest absolute Gasteiger partial charge is 0.267 e. The molecule has 1 aromatic rings. The normalized spacial score (nSPS) is 14.5. The van der Waals surface area contributed by atoms with E-state index in [1.54, 1.807) is 0 Å². The van der Waals surface area contributed by atoms with Gasteiger partial charge in [-0.15, -0.1) is 0 Å². The van der Waals surface area contributed by atoms with Gasteiger partial charge in [-0.05, 0) is 28.8 Å². The van der Waals surface area contributed by atoms with Gasteiger partial charge in [-0.25, -0.2) is 4.98 Å². The number of rotatable bonds is 4. The van der Waals surface area contributed by atoms with E-state index < -0.39 is 0 Å². The summed E-state index contributed by atoms with van der Waals surface area (Å²) in [5, 5.41) is 8.61. The summed E-state index contributed by atoms with van der Waals surface area (Å²) in [5.74, 6) is 0.640. The summed E-state index contributed by atoms with van der Waals surface area (Å²) < 4.78 is 0.444. The molecule has 0 spiro atoms. The van der Waals surface area contributed by atoms with E-state index in [0.717, 1.165) is 12.8 Å². The Balaban J connectivity index is 2.28. The van der Waals surface area contributed by atoms with Crippen molar-refractivity contribution in [1.29, 1.82) is 5.26 Å². The van der Waals surface area contributed by atoms with Gasteiger partial charge in [0.1, 0.15) is 4.47 Å². The van der Waals surface area contributed by atoms with Gasteiger partial charge in [0.25, 0.3) is 5.56 Å². The number of H-pyrrole nitrogens is 1. The van der Waals surface area contributed by atoms with Crippen LogP contribution in [0.15, 0.2) is 15.6 Å². The van der Waals surface area contributed by atoms with Gasteiger partial charge < -0.3 is 9.88 Å². The molecule has 1 N–H and O–H groups in total. The van der Waals surface area contributed by atoms with Crippen LogP contribution in [0, 0.1) is 11.3 Å². The van der Waals surface area contributed by atoms with Crippen molar-refractivity contribution in [2.45, 2.75) is 25.3 Å². The molecule has 0 radical (unpaired) electrons. The summed E-state index contributed by atoms with van der Waals surface area (Å²) in [6.07, 6.45) is 4.04. The lowest BCUT2D eigenvalue weighted by atomic mass is 10.3. The summed E-state index contributed by atoms with van der Waals surface area (Å²) >= 11 is 3.24. The zero-order chi connectivity index (χ0) is 11.5. The van der Waals surface area contributed by atoms with Crippen molar-refractivity contribution in [3.8, 4) is 6.07 Å². The second kappa shape index (κ2) is 4.66. The molecular weight excluding hydrogens is 272 g/mol. The van der Waals surface area contributed by atoms with E-state index in [2.05, 4.69) is 32.0 Å². The van der Waals surface area contributed by atoms with E-state index in [1.165, 1.54) is 6.33 Å². The van der Waals surface area contributed by atoms with E-state index in [-0.39, 0.29) is 5.56 Å². The number of hydrogen-bond donors (Lipinski definition) is 1. The Morgan fingerprint density at radius 3 is 3.06 bits per heavy atom. The number of anilines is 1.